The van der Waals surface area contributed by atoms with Gasteiger partial charge in [0.25, 0.3) is 0 Å². The summed E-state index contributed by atoms with van der Waals surface area (Å²) >= 11 is 0. The number of nitrogens with two attached hydrogens (primary N) is 2. The highest BCUT2D eigenvalue weighted by atomic mass is 16.2. The number of benzene rings is 1. The largest absolute Gasteiger partial charge is 0.367 e. The number of primary amides is 2. The fourth-order valence-electron chi connectivity index (χ4n) is 2.82. The zero-order valence-electron chi connectivity index (χ0n) is 13.2. The molecule has 1 aromatic rings. The first-order valence-corrected chi connectivity index (χ1v) is 7.51. The third kappa shape index (κ3) is 4.21. The van der Waals surface area contributed by atoms with Gasteiger partial charge in [0, 0.05) is 6.04 Å². The lowest BCUT2D eigenvalue weighted by Gasteiger charge is -2.17. The molecule has 0 radical (unpaired) electrons. The minimum atomic E-state index is -1.51. The fraction of sp³-hybridized carbons (Fsp3) is 0.438. The quantitative estimate of drug-likeness (QED) is 0.556. The van der Waals surface area contributed by atoms with Gasteiger partial charge in [-0.3, -0.25) is 9.59 Å². The number of amides is 4. The minimum absolute atomic E-state index is 0.0954. The van der Waals surface area contributed by atoms with Crippen LogP contribution in [0.15, 0.2) is 24.3 Å². The Labute approximate surface area is 134 Å². The fourth-order valence-corrected chi connectivity index (χ4v) is 2.82. The van der Waals surface area contributed by atoms with Gasteiger partial charge in [-0.05, 0) is 37.7 Å². The number of hydrogen-bond acceptors (Lipinski definition) is 3. The van der Waals surface area contributed by atoms with Crippen molar-refractivity contribution in [3.8, 4) is 0 Å². The van der Waals surface area contributed by atoms with E-state index in [9.17, 15) is 14.4 Å². The Morgan fingerprint density at radius 1 is 1.17 bits per heavy atom. The Bertz CT molecular complexity index is 618. The Kier molecular flexibility index (Phi) is 4.88. The van der Waals surface area contributed by atoms with Crippen LogP contribution in [0, 0.1) is 12.8 Å². The minimum Gasteiger partial charge on any atom is -0.367 e. The van der Waals surface area contributed by atoms with Crippen LogP contribution in [0.4, 0.5) is 4.79 Å². The van der Waals surface area contributed by atoms with Crippen molar-refractivity contribution < 1.29 is 14.4 Å². The van der Waals surface area contributed by atoms with E-state index in [0.717, 1.165) is 6.42 Å². The summed E-state index contributed by atoms with van der Waals surface area (Å²) in [6, 6.07) is 6.07. The molecule has 0 aromatic heterocycles. The van der Waals surface area contributed by atoms with Gasteiger partial charge in [-0.2, -0.15) is 0 Å². The van der Waals surface area contributed by atoms with Gasteiger partial charge >= 0.3 is 6.03 Å². The molecule has 0 spiro atoms. The predicted octanol–water partition coefficient (Wildman–Crippen LogP) is 0.125. The molecule has 1 aliphatic rings. The lowest BCUT2D eigenvalue weighted by Crippen LogP contribution is -2.56. The van der Waals surface area contributed by atoms with E-state index in [2.05, 4.69) is 22.8 Å². The molecule has 0 saturated heterocycles. The lowest BCUT2D eigenvalue weighted by atomic mass is 10.0. The molecule has 1 saturated carbocycles. The zero-order chi connectivity index (χ0) is 17.1. The molecule has 23 heavy (non-hydrogen) atoms. The molecule has 0 unspecified atom stereocenters. The normalized spacial score (nSPS) is 20.7. The SMILES string of the molecule is Cc1cccc([C@@H]2C[C@@H]2[C@H](C)NC(=O)NC(C(N)=O)C(N)=O)c1. The molecule has 4 amide bonds. The molecule has 3 atom stereocenters. The van der Waals surface area contributed by atoms with Gasteiger partial charge in [0.15, 0.2) is 6.04 Å². The van der Waals surface area contributed by atoms with E-state index in [-0.39, 0.29) is 6.04 Å². The standard InChI is InChI=1S/C16H22N4O3/c1-8-4-3-5-10(6-8)12-7-11(12)9(2)19-16(23)20-13(14(17)21)15(18)22/h3-6,9,11-13H,7H2,1-2H3,(H2,17,21)(H2,18,22)(H2,19,20,23)/t9-,11+,12-/m0/s1. The summed E-state index contributed by atoms with van der Waals surface area (Å²) in [4.78, 5) is 34.0. The van der Waals surface area contributed by atoms with Gasteiger partial charge in [0.1, 0.15) is 0 Å². The Hall–Kier alpha value is -2.57. The van der Waals surface area contributed by atoms with Crippen molar-refractivity contribution in [2.45, 2.75) is 38.3 Å². The average Bonchev–Trinajstić information content (AvgIpc) is 3.24. The summed E-state index contributed by atoms with van der Waals surface area (Å²) in [6.07, 6.45) is 0.986. The van der Waals surface area contributed by atoms with E-state index in [0.29, 0.717) is 11.8 Å². The first kappa shape index (κ1) is 16.8. The molecule has 2 rings (SSSR count). The third-order valence-corrected chi connectivity index (χ3v) is 4.16. The van der Waals surface area contributed by atoms with E-state index in [4.69, 9.17) is 11.5 Å². The number of aryl methyl sites for hydroxylation is 1. The number of rotatable bonds is 6. The second kappa shape index (κ2) is 6.68. The van der Waals surface area contributed by atoms with Gasteiger partial charge in [0.2, 0.25) is 11.8 Å². The van der Waals surface area contributed by atoms with Crippen molar-refractivity contribution in [2.75, 3.05) is 0 Å². The Morgan fingerprint density at radius 3 is 2.39 bits per heavy atom. The first-order chi connectivity index (χ1) is 10.8. The van der Waals surface area contributed by atoms with E-state index < -0.39 is 23.9 Å². The van der Waals surface area contributed by atoms with Crippen LogP contribution in [0.5, 0.6) is 0 Å². The molecule has 7 nitrogen and oxygen atoms in total. The van der Waals surface area contributed by atoms with Crippen LogP contribution in [0.2, 0.25) is 0 Å². The molecule has 0 heterocycles. The maximum Gasteiger partial charge on any atom is 0.316 e. The second-order valence-electron chi connectivity index (χ2n) is 6.06. The van der Waals surface area contributed by atoms with Crippen LogP contribution in [0.3, 0.4) is 0 Å². The van der Waals surface area contributed by atoms with Crippen LogP contribution in [0.1, 0.15) is 30.4 Å². The number of carbonyl (C=O) groups excluding carboxylic acids is 3. The van der Waals surface area contributed by atoms with Gasteiger partial charge in [0.05, 0.1) is 0 Å². The average molecular weight is 318 g/mol. The smallest absolute Gasteiger partial charge is 0.316 e. The van der Waals surface area contributed by atoms with Gasteiger partial charge < -0.3 is 22.1 Å². The predicted molar refractivity (Wildman–Crippen MR) is 85.3 cm³/mol. The summed E-state index contributed by atoms with van der Waals surface area (Å²) in [6.45, 7) is 3.94. The molecule has 1 aliphatic carbocycles. The van der Waals surface area contributed by atoms with Crippen molar-refractivity contribution >= 4 is 17.8 Å². The second-order valence-corrected chi connectivity index (χ2v) is 6.06. The lowest BCUT2D eigenvalue weighted by molar-refractivity contribution is -0.128. The van der Waals surface area contributed by atoms with Crippen molar-refractivity contribution in [2.24, 2.45) is 17.4 Å². The number of hydrogen-bond donors (Lipinski definition) is 4. The monoisotopic (exact) mass is 318 g/mol. The molecule has 1 aromatic carbocycles. The van der Waals surface area contributed by atoms with Gasteiger partial charge in [-0.15, -0.1) is 0 Å². The van der Waals surface area contributed by atoms with Crippen LogP contribution in [-0.2, 0) is 9.59 Å². The van der Waals surface area contributed by atoms with Crippen molar-refractivity contribution in [1.82, 2.24) is 10.6 Å². The topological polar surface area (TPSA) is 127 Å². The highest BCUT2D eigenvalue weighted by Crippen LogP contribution is 2.49. The van der Waals surface area contributed by atoms with Crippen molar-refractivity contribution in [1.29, 1.82) is 0 Å². The van der Waals surface area contributed by atoms with Crippen molar-refractivity contribution in [3.05, 3.63) is 35.4 Å². The van der Waals surface area contributed by atoms with Gasteiger partial charge in [-0.1, -0.05) is 29.8 Å². The summed E-state index contributed by atoms with van der Waals surface area (Å²) in [7, 11) is 0. The van der Waals surface area contributed by atoms with E-state index in [1.807, 2.05) is 26.0 Å². The Morgan fingerprint density at radius 2 is 1.83 bits per heavy atom. The van der Waals surface area contributed by atoms with E-state index >= 15 is 0 Å². The highest BCUT2D eigenvalue weighted by molar-refractivity contribution is 6.05. The third-order valence-electron chi connectivity index (χ3n) is 4.16. The van der Waals surface area contributed by atoms with Crippen LogP contribution >= 0.6 is 0 Å². The summed E-state index contributed by atoms with van der Waals surface area (Å²) in [5, 5.41) is 4.92. The summed E-state index contributed by atoms with van der Waals surface area (Å²) in [5.74, 6) is -1.23. The molecular weight excluding hydrogens is 296 g/mol. The summed E-state index contributed by atoms with van der Waals surface area (Å²) < 4.78 is 0. The molecule has 124 valence electrons. The van der Waals surface area contributed by atoms with E-state index in [1.54, 1.807) is 0 Å². The molecular formula is C16H22N4O3. The maximum absolute atomic E-state index is 11.9. The zero-order valence-corrected chi connectivity index (χ0v) is 13.2. The van der Waals surface area contributed by atoms with Gasteiger partial charge in [-0.25, -0.2) is 4.79 Å². The number of urea groups is 1. The Balaban J connectivity index is 1.88. The van der Waals surface area contributed by atoms with Crippen LogP contribution in [0.25, 0.3) is 0 Å². The molecule has 0 aliphatic heterocycles. The number of nitrogens with one attached hydrogen (secondary N) is 2. The molecule has 1 fully saturated rings. The summed E-state index contributed by atoms with van der Waals surface area (Å²) in [5.41, 5.74) is 12.5. The van der Waals surface area contributed by atoms with Crippen molar-refractivity contribution in [3.63, 3.8) is 0 Å². The number of carbonyl (C=O) groups is 3. The molecule has 0 bridgehead atoms. The van der Waals surface area contributed by atoms with Crippen LogP contribution in [-0.4, -0.2) is 29.9 Å². The highest BCUT2D eigenvalue weighted by Gasteiger charge is 2.42. The van der Waals surface area contributed by atoms with Crippen LogP contribution < -0.4 is 22.1 Å². The maximum atomic E-state index is 11.9. The van der Waals surface area contributed by atoms with E-state index in [1.165, 1.54) is 11.1 Å². The first-order valence-electron chi connectivity index (χ1n) is 7.51. The molecule has 6 N–H and O–H groups in total. The molecule has 7 heteroatoms.